The molecule has 0 fully saturated rings. The van der Waals surface area contributed by atoms with E-state index in [4.69, 9.17) is 30.2 Å². The van der Waals surface area contributed by atoms with Crippen LogP contribution in [0.1, 0.15) is 40.2 Å². The minimum Gasteiger partial charge on any atom is -0.486 e. The van der Waals surface area contributed by atoms with Crippen molar-refractivity contribution >= 4 is 35.4 Å². The predicted molar refractivity (Wildman–Crippen MR) is 154 cm³/mol. The Balaban J connectivity index is 1.37. The van der Waals surface area contributed by atoms with Crippen LogP contribution in [0.15, 0.2) is 70.2 Å². The van der Waals surface area contributed by atoms with E-state index in [0.29, 0.717) is 11.5 Å². The van der Waals surface area contributed by atoms with Gasteiger partial charge >= 0.3 is 17.6 Å². The third-order valence-electron chi connectivity index (χ3n) is 5.90. The minimum atomic E-state index is -0.715. The normalized spacial score (nSPS) is 11.0. The number of rotatable bonds is 12. The predicted octanol–water partition coefficient (Wildman–Crippen LogP) is 5.53. The van der Waals surface area contributed by atoms with Crippen molar-refractivity contribution in [2.45, 2.75) is 27.4 Å². The zero-order valence-corrected chi connectivity index (χ0v) is 23.7. The summed E-state index contributed by atoms with van der Waals surface area (Å²) in [6.45, 7) is 5.33. The fourth-order valence-corrected chi connectivity index (χ4v) is 4.26. The van der Waals surface area contributed by atoms with Crippen LogP contribution in [0.5, 0.6) is 11.5 Å². The SMILES string of the molecule is CCOC(=O)COc1c(/C=N/NC(=O)c2ccc(COc3ccc(-n4c(C)ccc4C)cc3)o2)cc(Cl)cc1[N+](=O)[O-]. The molecule has 0 saturated heterocycles. The molecule has 42 heavy (non-hydrogen) atoms. The third kappa shape index (κ3) is 7.34. The van der Waals surface area contributed by atoms with Crippen molar-refractivity contribution in [3.63, 3.8) is 0 Å². The average Bonchev–Trinajstić information content (AvgIpc) is 3.57. The molecule has 0 atom stereocenters. The largest absolute Gasteiger partial charge is 0.486 e. The number of ether oxygens (including phenoxy) is 3. The summed E-state index contributed by atoms with van der Waals surface area (Å²) in [4.78, 5) is 35.0. The lowest BCUT2D eigenvalue weighted by molar-refractivity contribution is -0.385. The molecule has 0 spiro atoms. The third-order valence-corrected chi connectivity index (χ3v) is 6.12. The maximum atomic E-state index is 12.6. The van der Waals surface area contributed by atoms with Crippen LogP contribution in [0, 0.1) is 24.0 Å². The number of hydrazone groups is 1. The molecular formula is C29H27ClN4O8. The number of nitro benzene ring substituents is 1. The first kappa shape index (κ1) is 29.9. The van der Waals surface area contributed by atoms with Crippen LogP contribution in [-0.2, 0) is 16.1 Å². The quantitative estimate of drug-likeness (QED) is 0.0974. The molecular weight excluding hydrogens is 568 g/mol. The first-order valence-corrected chi connectivity index (χ1v) is 13.1. The monoisotopic (exact) mass is 594 g/mol. The van der Waals surface area contributed by atoms with Gasteiger partial charge in [-0.3, -0.25) is 14.9 Å². The number of carbonyl (C=O) groups excluding carboxylic acids is 2. The number of esters is 1. The molecule has 0 aliphatic heterocycles. The lowest BCUT2D eigenvalue weighted by Crippen LogP contribution is -2.18. The molecule has 0 aliphatic carbocycles. The van der Waals surface area contributed by atoms with Gasteiger partial charge in [-0.15, -0.1) is 0 Å². The molecule has 0 unspecified atom stereocenters. The molecule has 1 amide bonds. The Morgan fingerprint density at radius 1 is 1.07 bits per heavy atom. The lowest BCUT2D eigenvalue weighted by atomic mass is 10.2. The number of aromatic nitrogens is 1. The first-order valence-electron chi connectivity index (χ1n) is 12.7. The molecule has 4 aromatic rings. The number of carbonyl (C=O) groups is 2. The molecule has 4 rings (SSSR count). The molecule has 0 bridgehead atoms. The second kappa shape index (κ2) is 13.5. The summed E-state index contributed by atoms with van der Waals surface area (Å²) in [5.41, 5.74) is 5.12. The first-order chi connectivity index (χ1) is 20.2. The van der Waals surface area contributed by atoms with Crippen molar-refractivity contribution in [3.05, 3.63) is 104 Å². The average molecular weight is 595 g/mol. The van der Waals surface area contributed by atoms with Gasteiger partial charge in [0.1, 0.15) is 18.1 Å². The number of furan rings is 1. The molecule has 2 aromatic carbocycles. The van der Waals surface area contributed by atoms with Crippen molar-refractivity contribution in [3.8, 4) is 17.2 Å². The fraction of sp³-hybridized carbons (Fsp3) is 0.207. The second-order valence-corrected chi connectivity index (χ2v) is 9.33. The highest BCUT2D eigenvalue weighted by atomic mass is 35.5. The van der Waals surface area contributed by atoms with E-state index in [0.717, 1.165) is 29.4 Å². The number of amides is 1. The van der Waals surface area contributed by atoms with Crippen molar-refractivity contribution in [1.82, 2.24) is 9.99 Å². The second-order valence-electron chi connectivity index (χ2n) is 8.89. The standard InChI is InChI=1S/C29H27ClN4O8/c1-4-39-27(35)17-41-28-20(13-21(30)14-25(28)34(37)38)15-31-32-29(36)26-12-11-24(42-26)16-40-23-9-7-22(8-10-23)33-18(2)5-6-19(33)3/h5-15H,4,16-17H2,1-3H3,(H,32,36)/b31-15+. The van der Waals surface area contributed by atoms with E-state index in [9.17, 15) is 19.7 Å². The number of nitro groups is 1. The highest BCUT2D eigenvalue weighted by Crippen LogP contribution is 2.33. The maximum Gasteiger partial charge on any atom is 0.344 e. The van der Waals surface area contributed by atoms with Gasteiger partial charge in [0.25, 0.3) is 0 Å². The Bertz CT molecular complexity index is 1610. The van der Waals surface area contributed by atoms with Gasteiger partial charge in [0.15, 0.2) is 12.4 Å². The summed E-state index contributed by atoms with van der Waals surface area (Å²) in [5.74, 6) is -0.648. The Labute approximate surface area is 245 Å². The number of hydrogen-bond acceptors (Lipinski definition) is 9. The number of halogens is 1. The Kier molecular flexibility index (Phi) is 9.61. The lowest BCUT2D eigenvalue weighted by Gasteiger charge is -2.10. The summed E-state index contributed by atoms with van der Waals surface area (Å²) >= 11 is 6.01. The summed E-state index contributed by atoms with van der Waals surface area (Å²) in [6, 6.07) is 17.2. The van der Waals surface area contributed by atoms with Gasteiger partial charge in [0.05, 0.1) is 17.7 Å². The summed E-state index contributed by atoms with van der Waals surface area (Å²) < 4.78 is 23.6. The molecule has 218 valence electrons. The van der Waals surface area contributed by atoms with Gasteiger partial charge in [-0.05, 0) is 75.4 Å². The van der Waals surface area contributed by atoms with Gasteiger partial charge in [0.2, 0.25) is 5.75 Å². The van der Waals surface area contributed by atoms with E-state index in [1.807, 2.05) is 38.1 Å². The molecule has 2 heterocycles. The van der Waals surface area contributed by atoms with Crippen LogP contribution in [-0.4, -0.2) is 40.8 Å². The van der Waals surface area contributed by atoms with Crippen LogP contribution in [0.2, 0.25) is 5.02 Å². The zero-order valence-electron chi connectivity index (χ0n) is 23.0. The minimum absolute atomic E-state index is 0.0261. The highest BCUT2D eigenvalue weighted by Gasteiger charge is 2.22. The number of nitrogens with zero attached hydrogens (tertiary/aromatic N) is 3. The van der Waals surface area contributed by atoms with Gasteiger partial charge in [0, 0.05) is 33.7 Å². The van der Waals surface area contributed by atoms with Crippen molar-refractivity contribution < 1.29 is 33.1 Å². The number of benzene rings is 2. The summed E-state index contributed by atoms with van der Waals surface area (Å²) in [6.07, 6.45) is 1.10. The fourth-order valence-electron chi connectivity index (χ4n) is 4.04. The summed E-state index contributed by atoms with van der Waals surface area (Å²) in [5, 5.41) is 15.4. The molecule has 0 saturated carbocycles. The van der Waals surface area contributed by atoms with Crippen LogP contribution < -0.4 is 14.9 Å². The van der Waals surface area contributed by atoms with Gasteiger partial charge in [-0.25, -0.2) is 10.2 Å². The Morgan fingerprint density at radius 3 is 2.45 bits per heavy atom. The number of nitrogens with one attached hydrogen (secondary N) is 1. The van der Waals surface area contributed by atoms with Gasteiger partial charge in [-0.1, -0.05) is 11.6 Å². The summed E-state index contributed by atoms with van der Waals surface area (Å²) in [7, 11) is 0. The molecule has 13 heteroatoms. The molecule has 1 N–H and O–H groups in total. The Morgan fingerprint density at radius 2 is 1.79 bits per heavy atom. The molecule has 0 aliphatic rings. The van der Waals surface area contributed by atoms with Gasteiger partial charge < -0.3 is 23.2 Å². The smallest absolute Gasteiger partial charge is 0.344 e. The highest BCUT2D eigenvalue weighted by molar-refractivity contribution is 6.31. The van der Waals surface area contributed by atoms with E-state index >= 15 is 0 Å². The van der Waals surface area contributed by atoms with E-state index in [1.165, 1.54) is 12.1 Å². The van der Waals surface area contributed by atoms with Crippen LogP contribution in [0.25, 0.3) is 5.69 Å². The van der Waals surface area contributed by atoms with E-state index in [-0.39, 0.29) is 35.3 Å². The van der Waals surface area contributed by atoms with Crippen LogP contribution >= 0.6 is 11.6 Å². The van der Waals surface area contributed by atoms with Crippen molar-refractivity contribution in [2.24, 2.45) is 5.10 Å². The van der Waals surface area contributed by atoms with E-state index in [2.05, 4.69) is 27.2 Å². The molecule has 12 nitrogen and oxygen atoms in total. The maximum absolute atomic E-state index is 12.6. The van der Waals surface area contributed by atoms with Crippen LogP contribution in [0.4, 0.5) is 5.69 Å². The van der Waals surface area contributed by atoms with E-state index in [1.54, 1.807) is 13.0 Å². The van der Waals surface area contributed by atoms with Crippen LogP contribution in [0.3, 0.4) is 0 Å². The number of aryl methyl sites for hydroxylation is 2. The van der Waals surface area contributed by atoms with E-state index < -0.39 is 29.1 Å². The number of hydrogen-bond donors (Lipinski definition) is 1. The van der Waals surface area contributed by atoms with Gasteiger partial charge in [-0.2, -0.15) is 5.10 Å². The Hall–Kier alpha value is -5.10. The topological polar surface area (TPSA) is 147 Å². The van der Waals surface area contributed by atoms with Crippen molar-refractivity contribution in [2.75, 3.05) is 13.2 Å². The molecule has 2 aromatic heterocycles. The molecule has 0 radical (unpaired) electrons. The zero-order chi connectivity index (χ0) is 30.2. The van der Waals surface area contributed by atoms with Crippen molar-refractivity contribution in [1.29, 1.82) is 0 Å².